The fraction of sp³-hybridized carbons (Fsp3) is 0.0833. The van der Waals surface area contributed by atoms with E-state index in [1.165, 1.54) is 0 Å². The van der Waals surface area contributed by atoms with E-state index in [2.05, 4.69) is 37.6 Å². The van der Waals surface area contributed by atoms with Crippen LogP contribution in [0, 0.1) is 0 Å². The van der Waals surface area contributed by atoms with E-state index in [1.54, 1.807) is 6.20 Å². The van der Waals surface area contributed by atoms with Gasteiger partial charge < -0.3 is 20.3 Å². The number of para-hydroxylation sites is 1. The molecular weight excluding hydrogens is 374 g/mol. The molecule has 0 amide bonds. The zero-order chi connectivity index (χ0) is 20.8. The van der Waals surface area contributed by atoms with E-state index in [0.717, 1.165) is 28.6 Å². The fourth-order valence-corrected chi connectivity index (χ4v) is 2.84. The summed E-state index contributed by atoms with van der Waals surface area (Å²) < 4.78 is 5.82. The predicted octanol–water partition coefficient (Wildman–Crippen LogP) is 5.82. The van der Waals surface area contributed by atoms with Crippen LogP contribution < -0.4 is 20.3 Å². The largest absolute Gasteiger partial charge is 0.457 e. The molecule has 0 saturated heterocycles. The molecule has 30 heavy (non-hydrogen) atoms. The molecule has 0 aliphatic carbocycles. The predicted molar refractivity (Wildman–Crippen MR) is 122 cm³/mol. The zero-order valence-electron chi connectivity index (χ0n) is 16.9. The van der Waals surface area contributed by atoms with Gasteiger partial charge in [0.05, 0.1) is 0 Å². The van der Waals surface area contributed by atoms with Crippen molar-refractivity contribution in [3.8, 4) is 11.5 Å². The van der Waals surface area contributed by atoms with Gasteiger partial charge in [-0.1, -0.05) is 18.2 Å². The molecule has 0 saturated carbocycles. The maximum Gasteiger partial charge on any atom is 0.229 e. The third-order valence-electron chi connectivity index (χ3n) is 4.40. The minimum Gasteiger partial charge on any atom is -0.457 e. The molecule has 0 aliphatic rings. The van der Waals surface area contributed by atoms with E-state index in [4.69, 9.17) is 4.74 Å². The van der Waals surface area contributed by atoms with Crippen molar-refractivity contribution in [2.75, 3.05) is 29.6 Å². The number of hydrogen-bond donors (Lipinski definition) is 2. The minimum atomic E-state index is 0.515. The summed E-state index contributed by atoms with van der Waals surface area (Å²) in [6.45, 7) is 0. The van der Waals surface area contributed by atoms with Gasteiger partial charge in [0.15, 0.2) is 0 Å². The van der Waals surface area contributed by atoms with Gasteiger partial charge in [-0.25, -0.2) is 4.98 Å². The van der Waals surface area contributed by atoms with Gasteiger partial charge in [0.25, 0.3) is 0 Å². The number of aromatic nitrogens is 2. The highest BCUT2D eigenvalue weighted by atomic mass is 16.5. The van der Waals surface area contributed by atoms with Crippen molar-refractivity contribution < 1.29 is 4.74 Å². The Morgan fingerprint density at radius 1 is 0.700 bits per heavy atom. The molecule has 0 atom stereocenters. The maximum atomic E-state index is 5.82. The molecule has 1 aromatic heterocycles. The SMILES string of the molecule is CN(C)c1ccc(Nc2ccnc(Nc3ccc(Oc4ccccc4)cc3)n2)cc1. The second-order valence-corrected chi connectivity index (χ2v) is 6.90. The second-order valence-electron chi connectivity index (χ2n) is 6.90. The standard InChI is InChI=1S/C24H23N5O/c1-29(2)20-12-8-18(9-13-20)26-23-16-17-25-24(28-23)27-19-10-14-22(15-11-19)30-21-6-4-3-5-7-21/h3-17H,1-2H3,(H2,25,26,27,28). The van der Waals surface area contributed by atoms with Crippen molar-refractivity contribution >= 4 is 28.8 Å². The van der Waals surface area contributed by atoms with Crippen LogP contribution in [0.1, 0.15) is 0 Å². The summed E-state index contributed by atoms with van der Waals surface area (Å²) in [5, 5.41) is 6.52. The van der Waals surface area contributed by atoms with Gasteiger partial charge in [0.1, 0.15) is 17.3 Å². The first-order valence-corrected chi connectivity index (χ1v) is 9.63. The van der Waals surface area contributed by atoms with E-state index in [0.29, 0.717) is 11.8 Å². The number of hydrogen-bond acceptors (Lipinski definition) is 6. The molecule has 3 aromatic carbocycles. The highest BCUT2D eigenvalue weighted by Crippen LogP contribution is 2.24. The Morgan fingerprint density at radius 3 is 2.03 bits per heavy atom. The number of benzene rings is 3. The molecule has 0 unspecified atom stereocenters. The van der Waals surface area contributed by atoms with E-state index in [1.807, 2.05) is 86.9 Å². The van der Waals surface area contributed by atoms with Crippen LogP contribution in [0.4, 0.5) is 28.8 Å². The van der Waals surface area contributed by atoms with Gasteiger partial charge in [-0.15, -0.1) is 0 Å². The first-order valence-electron chi connectivity index (χ1n) is 9.63. The van der Waals surface area contributed by atoms with Crippen LogP contribution in [0.2, 0.25) is 0 Å². The van der Waals surface area contributed by atoms with Gasteiger partial charge in [-0.2, -0.15) is 4.98 Å². The highest BCUT2D eigenvalue weighted by molar-refractivity contribution is 5.62. The fourth-order valence-electron chi connectivity index (χ4n) is 2.84. The van der Waals surface area contributed by atoms with Crippen molar-refractivity contribution in [1.29, 1.82) is 0 Å². The molecule has 0 radical (unpaired) electrons. The van der Waals surface area contributed by atoms with Crippen molar-refractivity contribution in [2.24, 2.45) is 0 Å². The Hall–Kier alpha value is -4.06. The first kappa shape index (κ1) is 19.3. The summed E-state index contributed by atoms with van der Waals surface area (Å²) in [7, 11) is 4.04. The Bertz CT molecular complexity index is 1080. The van der Waals surface area contributed by atoms with Crippen LogP contribution >= 0.6 is 0 Å². The van der Waals surface area contributed by atoms with Gasteiger partial charge >= 0.3 is 0 Å². The smallest absolute Gasteiger partial charge is 0.229 e. The van der Waals surface area contributed by atoms with E-state index < -0.39 is 0 Å². The number of nitrogens with one attached hydrogen (secondary N) is 2. The molecular formula is C24H23N5O. The topological polar surface area (TPSA) is 62.3 Å². The molecule has 0 bridgehead atoms. The molecule has 4 rings (SSSR count). The molecule has 4 aromatic rings. The Kier molecular flexibility index (Phi) is 5.75. The quantitative estimate of drug-likeness (QED) is 0.410. The Balaban J connectivity index is 1.40. The van der Waals surface area contributed by atoms with E-state index >= 15 is 0 Å². The average Bonchev–Trinajstić information content (AvgIpc) is 2.77. The first-order chi connectivity index (χ1) is 14.7. The second kappa shape index (κ2) is 8.96. The summed E-state index contributed by atoms with van der Waals surface area (Å²) in [6, 6.07) is 27.4. The summed E-state index contributed by atoms with van der Waals surface area (Å²) in [4.78, 5) is 10.9. The van der Waals surface area contributed by atoms with Crippen molar-refractivity contribution in [1.82, 2.24) is 9.97 Å². The van der Waals surface area contributed by atoms with Crippen LogP contribution in [0.5, 0.6) is 11.5 Å². The maximum absolute atomic E-state index is 5.82. The number of anilines is 5. The zero-order valence-corrected chi connectivity index (χ0v) is 16.9. The molecule has 0 spiro atoms. The van der Waals surface area contributed by atoms with Gasteiger partial charge in [0.2, 0.25) is 5.95 Å². The molecule has 1 heterocycles. The monoisotopic (exact) mass is 397 g/mol. The van der Waals surface area contributed by atoms with Gasteiger partial charge in [-0.3, -0.25) is 0 Å². The summed E-state index contributed by atoms with van der Waals surface area (Å²) in [6.07, 6.45) is 1.72. The van der Waals surface area contributed by atoms with Crippen molar-refractivity contribution in [2.45, 2.75) is 0 Å². The number of ether oxygens (including phenoxy) is 1. The Labute approximate surface area is 176 Å². The minimum absolute atomic E-state index is 0.515. The van der Waals surface area contributed by atoms with Gasteiger partial charge in [0, 0.05) is 37.4 Å². The third-order valence-corrected chi connectivity index (χ3v) is 4.40. The number of rotatable bonds is 7. The molecule has 6 heteroatoms. The summed E-state index contributed by atoms with van der Waals surface area (Å²) in [5.74, 6) is 2.80. The van der Waals surface area contributed by atoms with Gasteiger partial charge in [-0.05, 0) is 66.7 Å². The van der Waals surface area contributed by atoms with Crippen molar-refractivity contribution in [3.05, 3.63) is 91.1 Å². The van der Waals surface area contributed by atoms with Crippen LogP contribution in [0.25, 0.3) is 0 Å². The molecule has 0 fully saturated rings. The molecule has 0 aliphatic heterocycles. The Morgan fingerprint density at radius 2 is 1.33 bits per heavy atom. The third kappa shape index (κ3) is 5.05. The highest BCUT2D eigenvalue weighted by Gasteiger charge is 2.03. The van der Waals surface area contributed by atoms with Crippen LogP contribution in [-0.4, -0.2) is 24.1 Å². The van der Waals surface area contributed by atoms with Crippen molar-refractivity contribution in [3.63, 3.8) is 0 Å². The van der Waals surface area contributed by atoms with Crippen LogP contribution in [0.15, 0.2) is 91.1 Å². The molecule has 2 N–H and O–H groups in total. The lowest BCUT2D eigenvalue weighted by Gasteiger charge is -2.13. The summed E-state index contributed by atoms with van der Waals surface area (Å²) >= 11 is 0. The van der Waals surface area contributed by atoms with E-state index in [-0.39, 0.29) is 0 Å². The average molecular weight is 397 g/mol. The normalized spacial score (nSPS) is 10.3. The lowest BCUT2D eigenvalue weighted by atomic mass is 10.2. The van der Waals surface area contributed by atoms with Crippen LogP contribution in [-0.2, 0) is 0 Å². The lowest BCUT2D eigenvalue weighted by molar-refractivity contribution is 0.483. The lowest BCUT2D eigenvalue weighted by Crippen LogP contribution is -2.08. The van der Waals surface area contributed by atoms with E-state index in [9.17, 15) is 0 Å². The molecule has 150 valence electrons. The van der Waals surface area contributed by atoms with Crippen LogP contribution in [0.3, 0.4) is 0 Å². The number of nitrogens with zero attached hydrogens (tertiary/aromatic N) is 3. The summed E-state index contributed by atoms with van der Waals surface area (Å²) in [5.41, 5.74) is 2.99. The molecule has 6 nitrogen and oxygen atoms in total.